The molecule has 2 aliphatic rings. The SMILES string of the molecule is COc1ccc(OC)c(N2C[C@H](C(=O)NC3CCCCC3)CC2=O)c1. The summed E-state index contributed by atoms with van der Waals surface area (Å²) in [6.45, 7) is 0.376. The number of benzene rings is 1. The number of hydrogen-bond donors (Lipinski definition) is 1. The lowest BCUT2D eigenvalue weighted by Gasteiger charge is -2.24. The lowest BCUT2D eigenvalue weighted by Crippen LogP contribution is -2.40. The zero-order valence-corrected chi connectivity index (χ0v) is 14.9. The Morgan fingerprint density at radius 2 is 1.92 bits per heavy atom. The number of amides is 2. The summed E-state index contributed by atoms with van der Waals surface area (Å²) in [4.78, 5) is 26.7. The molecular formula is C19H26N2O4. The minimum absolute atomic E-state index is 0.00962. The number of ether oxygens (including phenoxy) is 2. The highest BCUT2D eigenvalue weighted by molar-refractivity contribution is 6.01. The Kier molecular flexibility index (Phi) is 5.46. The van der Waals surface area contributed by atoms with E-state index in [1.807, 2.05) is 0 Å². The molecule has 2 amide bonds. The van der Waals surface area contributed by atoms with Crippen LogP contribution in [0.3, 0.4) is 0 Å². The van der Waals surface area contributed by atoms with E-state index in [9.17, 15) is 9.59 Å². The number of nitrogens with zero attached hydrogens (tertiary/aromatic N) is 1. The average molecular weight is 346 g/mol. The molecule has 1 N–H and O–H groups in total. The predicted octanol–water partition coefficient (Wildman–Crippen LogP) is 2.51. The molecule has 1 saturated carbocycles. The fourth-order valence-electron chi connectivity index (χ4n) is 3.69. The highest BCUT2D eigenvalue weighted by Crippen LogP contribution is 2.36. The van der Waals surface area contributed by atoms with E-state index in [-0.39, 0.29) is 30.2 Å². The average Bonchev–Trinajstić information content (AvgIpc) is 3.03. The number of methoxy groups -OCH3 is 2. The molecule has 0 aromatic heterocycles. The monoisotopic (exact) mass is 346 g/mol. The van der Waals surface area contributed by atoms with E-state index in [0.717, 1.165) is 12.8 Å². The first-order valence-electron chi connectivity index (χ1n) is 8.95. The van der Waals surface area contributed by atoms with E-state index in [1.165, 1.54) is 19.3 Å². The standard InChI is InChI=1S/C19H26N2O4/c1-24-15-8-9-17(25-2)16(11-15)21-12-13(10-18(21)22)19(23)20-14-6-4-3-5-7-14/h8-9,11,13-14H,3-7,10,12H2,1-2H3,(H,20,23)/t13-/m1/s1. The summed E-state index contributed by atoms with van der Waals surface area (Å²) in [5.41, 5.74) is 0.653. The number of nitrogens with one attached hydrogen (secondary N) is 1. The summed E-state index contributed by atoms with van der Waals surface area (Å²) in [6.07, 6.45) is 5.90. The van der Waals surface area contributed by atoms with Crippen LogP contribution >= 0.6 is 0 Å². The maximum atomic E-state index is 12.6. The van der Waals surface area contributed by atoms with Crippen LogP contribution in [0.4, 0.5) is 5.69 Å². The van der Waals surface area contributed by atoms with Gasteiger partial charge in [-0.2, -0.15) is 0 Å². The number of carbonyl (C=O) groups excluding carboxylic acids is 2. The second-order valence-corrected chi connectivity index (χ2v) is 6.79. The molecule has 6 heteroatoms. The molecule has 1 aliphatic carbocycles. The van der Waals surface area contributed by atoms with Crippen molar-refractivity contribution in [2.75, 3.05) is 25.7 Å². The Morgan fingerprint density at radius 1 is 1.16 bits per heavy atom. The minimum Gasteiger partial charge on any atom is -0.497 e. The van der Waals surface area contributed by atoms with Gasteiger partial charge in [-0.05, 0) is 25.0 Å². The van der Waals surface area contributed by atoms with Gasteiger partial charge in [0.05, 0.1) is 25.8 Å². The summed E-state index contributed by atoms with van der Waals surface area (Å²) in [5.74, 6) is 0.867. The Balaban J connectivity index is 1.70. The second kappa shape index (κ2) is 7.76. The Hall–Kier alpha value is -2.24. The van der Waals surface area contributed by atoms with Gasteiger partial charge >= 0.3 is 0 Å². The normalized spacial score (nSPS) is 21.3. The van der Waals surface area contributed by atoms with Gasteiger partial charge < -0.3 is 19.7 Å². The fourth-order valence-corrected chi connectivity index (χ4v) is 3.69. The van der Waals surface area contributed by atoms with Gasteiger partial charge in [0, 0.05) is 25.1 Å². The smallest absolute Gasteiger partial charge is 0.227 e. The van der Waals surface area contributed by atoms with Crippen molar-refractivity contribution < 1.29 is 19.1 Å². The number of hydrogen-bond acceptors (Lipinski definition) is 4. The highest BCUT2D eigenvalue weighted by Gasteiger charge is 2.37. The van der Waals surface area contributed by atoms with Gasteiger partial charge in [-0.1, -0.05) is 19.3 Å². The molecule has 0 bridgehead atoms. The van der Waals surface area contributed by atoms with Gasteiger partial charge in [-0.25, -0.2) is 0 Å². The van der Waals surface area contributed by atoms with Crippen LogP contribution in [0.2, 0.25) is 0 Å². The molecule has 2 fully saturated rings. The molecular weight excluding hydrogens is 320 g/mol. The van der Waals surface area contributed by atoms with Crippen LogP contribution in [0.1, 0.15) is 38.5 Å². The van der Waals surface area contributed by atoms with Crippen molar-refractivity contribution >= 4 is 17.5 Å². The minimum atomic E-state index is -0.315. The molecule has 1 saturated heterocycles. The predicted molar refractivity (Wildman–Crippen MR) is 95.0 cm³/mol. The van der Waals surface area contributed by atoms with Gasteiger partial charge in [-0.15, -0.1) is 0 Å². The third-order valence-electron chi connectivity index (χ3n) is 5.12. The van der Waals surface area contributed by atoms with Gasteiger partial charge in [0.25, 0.3) is 0 Å². The summed E-state index contributed by atoms with van der Waals surface area (Å²) >= 11 is 0. The van der Waals surface area contributed by atoms with Crippen LogP contribution in [0.5, 0.6) is 11.5 Å². The maximum Gasteiger partial charge on any atom is 0.227 e. The summed E-state index contributed by atoms with van der Waals surface area (Å²) < 4.78 is 10.6. The molecule has 1 heterocycles. The van der Waals surface area contributed by atoms with E-state index in [4.69, 9.17) is 9.47 Å². The molecule has 1 aliphatic heterocycles. The first-order valence-corrected chi connectivity index (χ1v) is 8.95. The zero-order valence-electron chi connectivity index (χ0n) is 14.9. The molecule has 0 unspecified atom stereocenters. The van der Waals surface area contributed by atoms with E-state index >= 15 is 0 Å². The molecule has 3 rings (SSSR count). The Morgan fingerprint density at radius 3 is 2.60 bits per heavy atom. The molecule has 1 aromatic rings. The van der Waals surface area contributed by atoms with Crippen molar-refractivity contribution in [1.29, 1.82) is 0 Å². The van der Waals surface area contributed by atoms with Gasteiger partial charge in [-0.3, -0.25) is 9.59 Å². The number of anilines is 1. The third kappa shape index (κ3) is 3.89. The van der Waals surface area contributed by atoms with Crippen LogP contribution in [0.15, 0.2) is 18.2 Å². The lowest BCUT2D eigenvalue weighted by atomic mass is 9.95. The van der Waals surface area contributed by atoms with E-state index < -0.39 is 0 Å². The maximum absolute atomic E-state index is 12.6. The van der Waals surface area contributed by atoms with Crippen molar-refractivity contribution in [3.63, 3.8) is 0 Å². The molecule has 1 atom stereocenters. The summed E-state index contributed by atoms with van der Waals surface area (Å²) in [5, 5.41) is 3.13. The van der Waals surface area contributed by atoms with Crippen LogP contribution in [-0.4, -0.2) is 38.6 Å². The fraction of sp³-hybridized carbons (Fsp3) is 0.579. The van der Waals surface area contributed by atoms with E-state index in [2.05, 4.69) is 5.32 Å². The molecule has 6 nitrogen and oxygen atoms in total. The van der Waals surface area contributed by atoms with Crippen molar-refractivity contribution in [3.05, 3.63) is 18.2 Å². The van der Waals surface area contributed by atoms with Crippen molar-refractivity contribution in [2.24, 2.45) is 5.92 Å². The molecule has 1 aromatic carbocycles. The number of rotatable bonds is 5. The first-order chi connectivity index (χ1) is 12.1. The molecule has 136 valence electrons. The summed E-state index contributed by atoms with van der Waals surface area (Å²) in [7, 11) is 3.15. The van der Waals surface area contributed by atoms with Crippen LogP contribution in [-0.2, 0) is 9.59 Å². The van der Waals surface area contributed by atoms with E-state index in [1.54, 1.807) is 37.3 Å². The van der Waals surface area contributed by atoms with Crippen LogP contribution in [0.25, 0.3) is 0 Å². The lowest BCUT2D eigenvalue weighted by molar-refractivity contribution is -0.127. The van der Waals surface area contributed by atoms with Gasteiger partial charge in [0.2, 0.25) is 11.8 Å². The van der Waals surface area contributed by atoms with Crippen molar-refractivity contribution in [2.45, 2.75) is 44.6 Å². The summed E-state index contributed by atoms with van der Waals surface area (Å²) in [6, 6.07) is 5.60. The third-order valence-corrected chi connectivity index (χ3v) is 5.12. The van der Waals surface area contributed by atoms with Crippen molar-refractivity contribution in [1.82, 2.24) is 5.32 Å². The highest BCUT2D eigenvalue weighted by atomic mass is 16.5. The van der Waals surface area contributed by atoms with Gasteiger partial charge in [0.15, 0.2) is 0 Å². The van der Waals surface area contributed by atoms with Crippen LogP contribution < -0.4 is 19.7 Å². The quantitative estimate of drug-likeness (QED) is 0.889. The van der Waals surface area contributed by atoms with Crippen LogP contribution in [0, 0.1) is 5.92 Å². The molecule has 0 radical (unpaired) electrons. The molecule has 25 heavy (non-hydrogen) atoms. The van der Waals surface area contributed by atoms with E-state index in [0.29, 0.717) is 23.7 Å². The second-order valence-electron chi connectivity index (χ2n) is 6.79. The van der Waals surface area contributed by atoms with Gasteiger partial charge in [0.1, 0.15) is 11.5 Å². The number of carbonyl (C=O) groups is 2. The Labute approximate surface area is 148 Å². The molecule has 0 spiro atoms. The first kappa shape index (κ1) is 17.6. The Bertz CT molecular complexity index is 640. The zero-order chi connectivity index (χ0) is 17.8. The topological polar surface area (TPSA) is 67.9 Å². The van der Waals surface area contributed by atoms with Crippen molar-refractivity contribution in [3.8, 4) is 11.5 Å². The largest absolute Gasteiger partial charge is 0.497 e.